The Hall–Kier alpha value is -1.10. The second-order valence-corrected chi connectivity index (χ2v) is 7.19. The van der Waals surface area contributed by atoms with Gasteiger partial charge in [-0.2, -0.15) is 13.2 Å². The van der Waals surface area contributed by atoms with Crippen LogP contribution in [0, 0.1) is 11.7 Å². The smallest absolute Gasteiger partial charge is 0.357 e. The number of nitrogens with zero attached hydrogens (tertiary/aromatic N) is 2. The minimum absolute atomic E-state index is 0. The van der Waals surface area contributed by atoms with Gasteiger partial charge in [0, 0.05) is 19.6 Å². The average molecular weight is 530 g/mol. The molecule has 0 aliphatic carbocycles. The molecule has 166 valence electrons. The first-order chi connectivity index (χ1) is 13.4. The van der Waals surface area contributed by atoms with Crippen molar-refractivity contribution >= 4 is 29.9 Å². The highest BCUT2D eigenvalue weighted by atomic mass is 127. The zero-order valence-corrected chi connectivity index (χ0v) is 19.1. The van der Waals surface area contributed by atoms with Gasteiger partial charge in [0.2, 0.25) is 0 Å². The van der Waals surface area contributed by atoms with Crippen LogP contribution in [0.25, 0.3) is 0 Å². The van der Waals surface area contributed by atoms with Crippen LogP contribution in [0.2, 0.25) is 0 Å². The monoisotopic (exact) mass is 530 g/mol. The predicted molar refractivity (Wildman–Crippen MR) is 119 cm³/mol. The molecule has 0 radical (unpaired) electrons. The van der Waals surface area contributed by atoms with Crippen molar-refractivity contribution < 1.29 is 17.6 Å². The van der Waals surface area contributed by atoms with Gasteiger partial charge in [0.1, 0.15) is 5.82 Å². The molecule has 0 atom stereocenters. The quantitative estimate of drug-likeness (QED) is 0.229. The summed E-state index contributed by atoms with van der Waals surface area (Å²) in [5, 5.41) is 6.42. The zero-order valence-electron chi connectivity index (χ0n) is 16.8. The van der Waals surface area contributed by atoms with Crippen molar-refractivity contribution in [1.82, 2.24) is 15.5 Å². The first-order valence-electron chi connectivity index (χ1n) is 9.91. The second kappa shape index (κ2) is 13.3. The van der Waals surface area contributed by atoms with Gasteiger partial charge < -0.3 is 10.6 Å². The van der Waals surface area contributed by atoms with Crippen LogP contribution in [0.3, 0.4) is 0 Å². The van der Waals surface area contributed by atoms with Crippen molar-refractivity contribution in [3.05, 3.63) is 35.6 Å². The third kappa shape index (κ3) is 11.0. The fourth-order valence-corrected chi connectivity index (χ4v) is 3.41. The number of alkyl halides is 3. The van der Waals surface area contributed by atoms with Crippen LogP contribution in [0.15, 0.2) is 29.3 Å². The molecule has 1 aliphatic rings. The van der Waals surface area contributed by atoms with E-state index in [1.807, 2.05) is 13.0 Å². The summed E-state index contributed by atoms with van der Waals surface area (Å²) in [5.41, 5.74) is 0.925. The van der Waals surface area contributed by atoms with E-state index in [1.54, 1.807) is 6.07 Å². The van der Waals surface area contributed by atoms with Crippen LogP contribution in [0.1, 0.15) is 31.7 Å². The van der Waals surface area contributed by atoms with Crippen LogP contribution in [0.5, 0.6) is 0 Å². The van der Waals surface area contributed by atoms with E-state index in [0.717, 1.165) is 31.4 Å². The highest BCUT2D eigenvalue weighted by Gasteiger charge is 2.32. The third-order valence-electron chi connectivity index (χ3n) is 4.86. The maximum absolute atomic E-state index is 13.2. The Labute approximate surface area is 187 Å². The molecular formula is C20H31F4IN4. The SMILES string of the molecule is CCNC(=NCCC1CCN(CC(F)(F)F)CC1)NCCc1cccc(F)c1.I. The summed E-state index contributed by atoms with van der Waals surface area (Å²) in [6.07, 6.45) is -0.973. The fraction of sp³-hybridized carbons (Fsp3) is 0.650. The largest absolute Gasteiger partial charge is 0.401 e. The molecule has 1 fully saturated rings. The van der Waals surface area contributed by atoms with Crippen LogP contribution in [-0.4, -0.2) is 56.3 Å². The van der Waals surface area contributed by atoms with E-state index >= 15 is 0 Å². The molecular weight excluding hydrogens is 499 g/mol. The number of hydrogen-bond donors (Lipinski definition) is 2. The maximum atomic E-state index is 13.2. The normalized spacial score (nSPS) is 16.4. The Morgan fingerprint density at radius 3 is 2.55 bits per heavy atom. The van der Waals surface area contributed by atoms with Crippen LogP contribution >= 0.6 is 24.0 Å². The van der Waals surface area contributed by atoms with Gasteiger partial charge in [-0.1, -0.05) is 12.1 Å². The van der Waals surface area contributed by atoms with Gasteiger partial charge in [0.15, 0.2) is 5.96 Å². The van der Waals surface area contributed by atoms with E-state index in [-0.39, 0.29) is 29.8 Å². The third-order valence-corrected chi connectivity index (χ3v) is 4.86. The number of halogens is 5. The minimum Gasteiger partial charge on any atom is -0.357 e. The van der Waals surface area contributed by atoms with E-state index in [4.69, 9.17) is 0 Å². The molecule has 0 bridgehead atoms. The summed E-state index contributed by atoms with van der Waals surface area (Å²) >= 11 is 0. The number of hydrogen-bond acceptors (Lipinski definition) is 2. The number of nitrogens with one attached hydrogen (secondary N) is 2. The topological polar surface area (TPSA) is 39.7 Å². The Bertz CT molecular complexity index is 617. The number of guanidine groups is 1. The molecule has 0 aromatic heterocycles. The number of piperidine rings is 1. The summed E-state index contributed by atoms with van der Waals surface area (Å²) in [6.45, 7) is 4.20. The molecule has 0 unspecified atom stereocenters. The number of aliphatic imine (C=N–C) groups is 1. The Morgan fingerprint density at radius 1 is 1.21 bits per heavy atom. The van der Waals surface area contributed by atoms with Gasteiger partial charge in [-0.3, -0.25) is 9.89 Å². The minimum atomic E-state index is -4.12. The first kappa shape index (κ1) is 25.9. The van der Waals surface area contributed by atoms with Crippen LogP contribution in [-0.2, 0) is 6.42 Å². The molecule has 29 heavy (non-hydrogen) atoms. The highest BCUT2D eigenvalue weighted by Crippen LogP contribution is 2.24. The van der Waals surface area contributed by atoms with E-state index in [2.05, 4.69) is 15.6 Å². The Balaban J connectivity index is 0.00000420. The van der Waals surface area contributed by atoms with Crippen molar-refractivity contribution in [2.75, 3.05) is 39.3 Å². The molecule has 1 aromatic carbocycles. The number of likely N-dealkylation sites (tertiary alicyclic amines) is 1. The molecule has 2 rings (SSSR count). The van der Waals surface area contributed by atoms with E-state index in [0.29, 0.717) is 44.5 Å². The molecule has 0 spiro atoms. The molecule has 1 aromatic rings. The van der Waals surface area contributed by atoms with Gasteiger partial charge in [0.25, 0.3) is 0 Å². The van der Waals surface area contributed by atoms with Gasteiger partial charge in [0.05, 0.1) is 6.54 Å². The van der Waals surface area contributed by atoms with Gasteiger partial charge in [-0.15, -0.1) is 24.0 Å². The average Bonchev–Trinajstić information content (AvgIpc) is 2.62. The van der Waals surface area contributed by atoms with Crippen molar-refractivity contribution in [2.45, 2.75) is 38.8 Å². The lowest BCUT2D eigenvalue weighted by Crippen LogP contribution is -2.40. The van der Waals surface area contributed by atoms with E-state index < -0.39 is 12.7 Å². The van der Waals surface area contributed by atoms with Crippen molar-refractivity contribution in [3.63, 3.8) is 0 Å². The molecule has 9 heteroatoms. The lowest BCUT2D eigenvalue weighted by atomic mass is 9.93. The summed E-state index contributed by atoms with van der Waals surface area (Å²) < 4.78 is 50.5. The number of rotatable bonds is 8. The zero-order chi connectivity index (χ0) is 20.4. The van der Waals surface area contributed by atoms with Gasteiger partial charge in [-0.05, 0) is 69.3 Å². The van der Waals surface area contributed by atoms with Crippen LogP contribution in [0.4, 0.5) is 17.6 Å². The second-order valence-electron chi connectivity index (χ2n) is 7.19. The summed E-state index contributed by atoms with van der Waals surface area (Å²) in [5.74, 6) is 0.899. The summed E-state index contributed by atoms with van der Waals surface area (Å²) in [6, 6.07) is 6.54. The molecule has 1 aliphatic heterocycles. The molecule has 4 nitrogen and oxygen atoms in total. The van der Waals surface area contributed by atoms with Crippen LogP contribution < -0.4 is 10.6 Å². The molecule has 0 saturated carbocycles. The molecule has 1 saturated heterocycles. The first-order valence-corrected chi connectivity index (χ1v) is 9.91. The van der Waals surface area contributed by atoms with Crippen molar-refractivity contribution in [1.29, 1.82) is 0 Å². The maximum Gasteiger partial charge on any atom is 0.401 e. The van der Waals surface area contributed by atoms with Gasteiger partial charge in [-0.25, -0.2) is 4.39 Å². The lowest BCUT2D eigenvalue weighted by Gasteiger charge is -2.32. The highest BCUT2D eigenvalue weighted by molar-refractivity contribution is 14.0. The Morgan fingerprint density at radius 2 is 1.93 bits per heavy atom. The van der Waals surface area contributed by atoms with E-state index in [9.17, 15) is 17.6 Å². The summed E-state index contributed by atoms with van der Waals surface area (Å²) in [4.78, 5) is 6.05. The predicted octanol–water partition coefficient (Wildman–Crippen LogP) is 4.21. The fourth-order valence-electron chi connectivity index (χ4n) is 3.41. The Kier molecular flexibility index (Phi) is 11.9. The number of benzene rings is 1. The van der Waals surface area contributed by atoms with Crippen molar-refractivity contribution in [2.24, 2.45) is 10.9 Å². The summed E-state index contributed by atoms with van der Waals surface area (Å²) in [7, 11) is 0. The molecule has 1 heterocycles. The molecule has 2 N–H and O–H groups in total. The lowest BCUT2D eigenvalue weighted by molar-refractivity contribution is -0.148. The van der Waals surface area contributed by atoms with Gasteiger partial charge >= 0.3 is 6.18 Å². The van der Waals surface area contributed by atoms with E-state index in [1.165, 1.54) is 17.0 Å². The molecule has 0 amide bonds. The van der Waals surface area contributed by atoms with Crippen molar-refractivity contribution in [3.8, 4) is 0 Å². The standard InChI is InChI=1S/C20H30F4N4.HI/c1-2-25-19(27-11-7-17-4-3-5-18(21)14-17)26-10-6-16-8-12-28(13-9-16)15-20(22,23)24;/h3-5,14,16H,2,6-13,15H2,1H3,(H2,25,26,27);1H.